The standard InChI is InChI=1S/C12H10F3N3O/c13-8-3-6(4-9(14)11(8)15)12-17-10(18-19-12)5-16-7-1-2-7/h3-4,7,16H,1-2,5H2. The van der Waals surface area contributed by atoms with Gasteiger partial charge in [-0.15, -0.1) is 0 Å². The van der Waals surface area contributed by atoms with E-state index in [0.29, 0.717) is 18.4 Å². The van der Waals surface area contributed by atoms with Crippen molar-refractivity contribution in [3.63, 3.8) is 0 Å². The smallest absolute Gasteiger partial charge is 0.258 e. The second-order valence-corrected chi connectivity index (χ2v) is 4.42. The van der Waals surface area contributed by atoms with Gasteiger partial charge >= 0.3 is 0 Å². The van der Waals surface area contributed by atoms with E-state index in [1.165, 1.54) is 0 Å². The van der Waals surface area contributed by atoms with Crippen molar-refractivity contribution >= 4 is 0 Å². The van der Waals surface area contributed by atoms with Gasteiger partial charge in [0.05, 0.1) is 6.54 Å². The largest absolute Gasteiger partial charge is 0.334 e. The number of benzene rings is 1. The molecule has 7 heteroatoms. The fourth-order valence-electron chi connectivity index (χ4n) is 1.65. The van der Waals surface area contributed by atoms with Gasteiger partial charge in [-0.3, -0.25) is 0 Å². The van der Waals surface area contributed by atoms with Crippen molar-refractivity contribution in [2.75, 3.05) is 0 Å². The van der Waals surface area contributed by atoms with E-state index in [2.05, 4.69) is 15.5 Å². The van der Waals surface area contributed by atoms with Crippen LogP contribution in [-0.4, -0.2) is 16.2 Å². The van der Waals surface area contributed by atoms with Gasteiger partial charge in [-0.2, -0.15) is 4.98 Å². The first-order valence-electron chi connectivity index (χ1n) is 5.84. The number of halogens is 3. The van der Waals surface area contributed by atoms with Crippen molar-refractivity contribution in [1.29, 1.82) is 0 Å². The molecule has 19 heavy (non-hydrogen) atoms. The third-order valence-electron chi connectivity index (χ3n) is 2.83. The molecule has 3 rings (SSSR count). The molecule has 1 fully saturated rings. The van der Waals surface area contributed by atoms with Gasteiger partial charge in [0, 0.05) is 11.6 Å². The highest BCUT2D eigenvalue weighted by Gasteiger charge is 2.21. The van der Waals surface area contributed by atoms with Crippen molar-refractivity contribution < 1.29 is 17.7 Å². The van der Waals surface area contributed by atoms with Gasteiger partial charge in [-0.25, -0.2) is 13.2 Å². The molecule has 0 spiro atoms. The molecule has 100 valence electrons. The molecular formula is C12H10F3N3O. The Kier molecular flexibility index (Phi) is 2.98. The first-order chi connectivity index (χ1) is 9.13. The molecular weight excluding hydrogens is 259 g/mol. The van der Waals surface area contributed by atoms with E-state index >= 15 is 0 Å². The minimum absolute atomic E-state index is 0.0153. The van der Waals surface area contributed by atoms with Crippen LogP contribution in [0.2, 0.25) is 0 Å². The minimum Gasteiger partial charge on any atom is -0.334 e. The van der Waals surface area contributed by atoms with E-state index in [1.54, 1.807) is 0 Å². The maximum absolute atomic E-state index is 13.1. The Morgan fingerprint density at radius 2 is 1.89 bits per heavy atom. The zero-order valence-electron chi connectivity index (χ0n) is 9.79. The van der Waals surface area contributed by atoms with Gasteiger partial charge in [0.1, 0.15) is 0 Å². The molecule has 0 atom stereocenters. The number of rotatable bonds is 4. The van der Waals surface area contributed by atoms with Crippen molar-refractivity contribution in [3.05, 3.63) is 35.4 Å². The quantitative estimate of drug-likeness (QED) is 0.866. The Morgan fingerprint density at radius 1 is 1.21 bits per heavy atom. The highest BCUT2D eigenvalue weighted by atomic mass is 19.2. The molecule has 1 aliphatic rings. The minimum atomic E-state index is -1.51. The second kappa shape index (κ2) is 4.65. The zero-order valence-corrected chi connectivity index (χ0v) is 9.79. The molecule has 0 amide bonds. The fourth-order valence-corrected chi connectivity index (χ4v) is 1.65. The van der Waals surface area contributed by atoms with Crippen LogP contribution in [0.3, 0.4) is 0 Å². The Morgan fingerprint density at radius 3 is 2.53 bits per heavy atom. The van der Waals surface area contributed by atoms with Crippen LogP contribution in [0, 0.1) is 17.5 Å². The molecule has 1 N–H and O–H groups in total. The summed E-state index contributed by atoms with van der Waals surface area (Å²) < 4.78 is 43.9. The third kappa shape index (κ3) is 2.60. The van der Waals surface area contributed by atoms with Gasteiger partial charge in [0.2, 0.25) is 0 Å². The van der Waals surface area contributed by atoms with Crippen LogP contribution in [0.1, 0.15) is 18.7 Å². The summed E-state index contributed by atoms with van der Waals surface area (Å²) in [5.41, 5.74) is 0.0153. The lowest BCUT2D eigenvalue weighted by atomic mass is 10.2. The van der Waals surface area contributed by atoms with Gasteiger partial charge < -0.3 is 9.84 Å². The SMILES string of the molecule is Fc1cc(-c2nc(CNC3CC3)no2)cc(F)c1F. The summed E-state index contributed by atoms with van der Waals surface area (Å²) in [6.07, 6.45) is 2.25. The molecule has 0 unspecified atom stereocenters. The number of nitrogens with one attached hydrogen (secondary N) is 1. The Labute approximate surface area is 106 Å². The summed E-state index contributed by atoms with van der Waals surface area (Å²) in [5.74, 6) is -3.73. The molecule has 1 aromatic carbocycles. The van der Waals surface area contributed by atoms with E-state index < -0.39 is 17.5 Å². The predicted octanol–water partition coefficient (Wildman–Crippen LogP) is 2.41. The third-order valence-corrected chi connectivity index (χ3v) is 2.83. The summed E-state index contributed by atoms with van der Waals surface area (Å²) in [7, 11) is 0. The average molecular weight is 269 g/mol. The van der Waals surface area contributed by atoms with E-state index in [1.807, 2.05) is 0 Å². The molecule has 0 saturated heterocycles. The van der Waals surface area contributed by atoms with Gasteiger partial charge in [-0.05, 0) is 25.0 Å². The van der Waals surface area contributed by atoms with Crippen molar-refractivity contribution in [2.24, 2.45) is 0 Å². The maximum atomic E-state index is 13.1. The van der Waals surface area contributed by atoms with Gasteiger partial charge in [-0.1, -0.05) is 5.16 Å². The first kappa shape index (κ1) is 12.2. The van der Waals surface area contributed by atoms with Crippen LogP contribution in [0.4, 0.5) is 13.2 Å². The Hall–Kier alpha value is -1.89. The maximum Gasteiger partial charge on any atom is 0.258 e. The molecule has 0 radical (unpaired) electrons. The average Bonchev–Trinajstić information content (AvgIpc) is 3.10. The summed E-state index contributed by atoms with van der Waals surface area (Å²) in [5, 5.41) is 6.86. The molecule has 1 saturated carbocycles. The van der Waals surface area contributed by atoms with E-state index in [-0.39, 0.29) is 11.5 Å². The Bertz CT molecular complexity index is 587. The molecule has 2 aromatic rings. The topological polar surface area (TPSA) is 51.0 Å². The van der Waals surface area contributed by atoms with Gasteiger partial charge in [0.25, 0.3) is 5.89 Å². The van der Waals surface area contributed by atoms with Crippen LogP contribution in [0.5, 0.6) is 0 Å². The lowest BCUT2D eigenvalue weighted by Gasteiger charge is -1.98. The number of nitrogens with zero attached hydrogens (tertiary/aromatic N) is 2. The second-order valence-electron chi connectivity index (χ2n) is 4.42. The lowest BCUT2D eigenvalue weighted by Crippen LogP contribution is -2.16. The molecule has 1 heterocycles. The molecule has 4 nitrogen and oxygen atoms in total. The highest BCUT2D eigenvalue weighted by Crippen LogP contribution is 2.23. The van der Waals surface area contributed by atoms with Crippen molar-refractivity contribution in [2.45, 2.75) is 25.4 Å². The normalized spacial score (nSPS) is 14.9. The summed E-state index contributed by atoms with van der Waals surface area (Å²) in [6, 6.07) is 2.14. The molecule has 1 aliphatic carbocycles. The van der Waals surface area contributed by atoms with E-state index in [4.69, 9.17) is 4.52 Å². The van der Waals surface area contributed by atoms with Crippen LogP contribution < -0.4 is 5.32 Å². The molecule has 1 aromatic heterocycles. The van der Waals surface area contributed by atoms with Crippen molar-refractivity contribution in [1.82, 2.24) is 15.5 Å². The number of hydrogen-bond acceptors (Lipinski definition) is 4. The summed E-state index contributed by atoms with van der Waals surface area (Å²) in [6.45, 7) is 0.431. The van der Waals surface area contributed by atoms with Crippen LogP contribution in [-0.2, 0) is 6.54 Å². The van der Waals surface area contributed by atoms with Crippen molar-refractivity contribution in [3.8, 4) is 11.5 Å². The number of hydrogen-bond donors (Lipinski definition) is 1. The molecule has 0 bridgehead atoms. The predicted molar refractivity (Wildman–Crippen MR) is 59.5 cm³/mol. The van der Waals surface area contributed by atoms with Gasteiger partial charge in [0.15, 0.2) is 23.3 Å². The zero-order chi connectivity index (χ0) is 13.4. The van der Waals surface area contributed by atoms with Crippen LogP contribution >= 0.6 is 0 Å². The van der Waals surface area contributed by atoms with Crippen LogP contribution in [0.25, 0.3) is 11.5 Å². The monoisotopic (exact) mass is 269 g/mol. The van der Waals surface area contributed by atoms with E-state index in [9.17, 15) is 13.2 Å². The number of aromatic nitrogens is 2. The fraction of sp³-hybridized carbons (Fsp3) is 0.333. The summed E-state index contributed by atoms with van der Waals surface area (Å²) in [4.78, 5) is 4.00. The highest BCUT2D eigenvalue weighted by molar-refractivity contribution is 5.53. The van der Waals surface area contributed by atoms with E-state index in [0.717, 1.165) is 25.0 Å². The summed E-state index contributed by atoms with van der Waals surface area (Å²) >= 11 is 0. The molecule has 0 aliphatic heterocycles. The first-order valence-corrected chi connectivity index (χ1v) is 5.84. The van der Waals surface area contributed by atoms with Crippen LogP contribution in [0.15, 0.2) is 16.7 Å². The Balaban J connectivity index is 1.81. The lowest BCUT2D eigenvalue weighted by molar-refractivity contribution is 0.416.